The van der Waals surface area contributed by atoms with Gasteiger partial charge in [-0.2, -0.15) is 0 Å². The number of para-hydroxylation sites is 1. The van der Waals surface area contributed by atoms with E-state index in [0.29, 0.717) is 24.7 Å². The number of benzene rings is 1. The largest absolute Gasteiger partial charge is 0.493 e. The second-order valence-electron chi connectivity index (χ2n) is 3.65. The first-order chi connectivity index (χ1) is 7.31. The molecule has 1 heterocycles. The summed E-state index contributed by atoms with van der Waals surface area (Å²) in [7, 11) is -0.822. The second kappa shape index (κ2) is 4.77. The third kappa shape index (κ3) is 2.38. The summed E-state index contributed by atoms with van der Waals surface area (Å²) in [4.78, 5) is 0. The molecule has 2 N–H and O–H groups in total. The van der Waals surface area contributed by atoms with Crippen molar-refractivity contribution < 1.29 is 8.95 Å². The molecule has 0 saturated heterocycles. The van der Waals surface area contributed by atoms with Crippen LogP contribution in [0.25, 0.3) is 0 Å². The summed E-state index contributed by atoms with van der Waals surface area (Å²) in [6.45, 7) is 1.14. The van der Waals surface area contributed by atoms with Gasteiger partial charge in [0, 0.05) is 40.3 Å². The Morgan fingerprint density at radius 3 is 3.07 bits per heavy atom. The molecule has 0 fully saturated rings. The van der Waals surface area contributed by atoms with Crippen LogP contribution in [0.5, 0.6) is 5.75 Å². The number of nitrogens with two attached hydrogens (primary N) is 1. The van der Waals surface area contributed by atoms with E-state index in [-0.39, 0.29) is 5.92 Å². The van der Waals surface area contributed by atoms with Crippen molar-refractivity contribution in [3.63, 3.8) is 0 Å². The van der Waals surface area contributed by atoms with Gasteiger partial charge < -0.3 is 10.5 Å². The van der Waals surface area contributed by atoms with Crippen molar-refractivity contribution in [2.75, 3.05) is 24.7 Å². The van der Waals surface area contributed by atoms with Crippen molar-refractivity contribution in [3.8, 4) is 5.75 Å². The minimum absolute atomic E-state index is 0.272. The van der Waals surface area contributed by atoms with E-state index in [0.717, 1.165) is 5.75 Å². The topological polar surface area (TPSA) is 52.3 Å². The van der Waals surface area contributed by atoms with Crippen molar-refractivity contribution in [3.05, 3.63) is 29.8 Å². The van der Waals surface area contributed by atoms with E-state index in [2.05, 4.69) is 0 Å². The summed E-state index contributed by atoms with van der Waals surface area (Å²) in [5.74, 6) is 2.45. The monoisotopic (exact) mass is 225 g/mol. The first kappa shape index (κ1) is 10.6. The molecule has 0 saturated carbocycles. The van der Waals surface area contributed by atoms with E-state index < -0.39 is 10.8 Å². The summed E-state index contributed by atoms with van der Waals surface area (Å²) >= 11 is 0. The van der Waals surface area contributed by atoms with Gasteiger partial charge in [-0.1, -0.05) is 18.2 Å². The average molecular weight is 225 g/mol. The number of hydrogen-bond donors (Lipinski definition) is 1. The van der Waals surface area contributed by atoms with Crippen LogP contribution in [-0.4, -0.2) is 28.9 Å². The molecule has 4 heteroatoms. The Balaban J connectivity index is 2.04. The molecule has 0 aromatic heterocycles. The van der Waals surface area contributed by atoms with E-state index in [1.54, 1.807) is 0 Å². The zero-order valence-corrected chi connectivity index (χ0v) is 9.33. The molecule has 1 aromatic carbocycles. The normalized spacial score (nSPS) is 20.7. The van der Waals surface area contributed by atoms with E-state index >= 15 is 0 Å². The zero-order valence-electron chi connectivity index (χ0n) is 8.52. The zero-order chi connectivity index (χ0) is 10.7. The smallest absolute Gasteiger partial charge is 0.122 e. The Morgan fingerprint density at radius 1 is 1.47 bits per heavy atom. The van der Waals surface area contributed by atoms with Crippen LogP contribution >= 0.6 is 0 Å². The molecular weight excluding hydrogens is 210 g/mol. The summed E-state index contributed by atoms with van der Waals surface area (Å²) in [5.41, 5.74) is 6.56. The van der Waals surface area contributed by atoms with Gasteiger partial charge in [0.25, 0.3) is 0 Å². The molecule has 2 unspecified atom stereocenters. The predicted molar refractivity (Wildman–Crippen MR) is 61.6 cm³/mol. The predicted octanol–water partition coefficient (Wildman–Crippen LogP) is 0.870. The lowest BCUT2D eigenvalue weighted by atomic mass is 10.0. The van der Waals surface area contributed by atoms with Gasteiger partial charge in [0.2, 0.25) is 0 Å². The van der Waals surface area contributed by atoms with Crippen LogP contribution in [0.15, 0.2) is 24.3 Å². The van der Waals surface area contributed by atoms with Crippen LogP contribution in [0.3, 0.4) is 0 Å². The van der Waals surface area contributed by atoms with Crippen molar-refractivity contribution in [2.45, 2.75) is 5.92 Å². The maximum Gasteiger partial charge on any atom is 0.122 e. The first-order valence-electron chi connectivity index (χ1n) is 5.08. The molecule has 0 spiro atoms. The van der Waals surface area contributed by atoms with E-state index in [1.165, 1.54) is 5.56 Å². The fraction of sp³-hybridized carbons (Fsp3) is 0.455. The summed E-state index contributed by atoms with van der Waals surface area (Å²) < 4.78 is 17.1. The number of rotatable bonds is 4. The second-order valence-corrected chi connectivity index (χ2v) is 5.27. The van der Waals surface area contributed by atoms with Crippen LogP contribution < -0.4 is 10.5 Å². The molecule has 3 nitrogen and oxygen atoms in total. The molecule has 15 heavy (non-hydrogen) atoms. The van der Waals surface area contributed by atoms with Crippen LogP contribution in [0.2, 0.25) is 0 Å². The van der Waals surface area contributed by atoms with E-state index in [1.807, 2.05) is 24.3 Å². The fourth-order valence-electron chi connectivity index (χ4n) is 1.81. The number of fused-ring (bicyclic) bond motifs is 1. The quantitative estimate of drug-likeness (QED) is 0.827. The van der Waals surface area contributed by atoms with E-state index in [4.69, 9.17) is 10.5 Å². The minimum atomic E-state index is -0.822. The van der Waals surface area contributed by atoms with Crippen molar-refractivity contribution in [1.29, 1.82) is 0 Å². The van der Waals surface area contributed by atoms with Crippen LogP contribution in [-0.2, 0) is 10.8 Å². The lowest BCUT2D eigenvalue weighted by Crippen LogP contribution is -2.17. The average Bonchev–Trinajstić information content (AvgIpc) is 2.62. The standard InChI is InChI=1S/C11H15NO2S/c12-5-6-15(13)8-9-7-14-11-4-2-1-3-10(9)11/h1-4,9H,5-8,12H2. The molecule has 0 aliphatic carbocycles. The highest BCUT2D eigenvalue weighted by Gasteiger charge is 2.24. The molecule has 1 aromatic rings. The van der Waals surface area contributed by atoms with Gasteiger partial charge in [-0.25, -0.2) is 0 Å². The highest BCUT2D eigenvalue weighted by atomic mass is 32.2. The summed E-state index contributed by atoms with van der Waals surface area (Å²) in [5, 5.41) is 0. The Bertz CT molecular complexity index is 367. The molecule has 1 aliphatic heterocycles. The lowest BCUT2D eigenvalue weighted by Gasteiger charge is -2.07. The maximum atomic E-state index is 11.6. The van der Waals surface area contributed by atoms with Gasteiger partial charge in [0.05, 0.1) is 6.61 Å². The molecular formula is C11H15NO2S. The fourth-order valence-corrected chi connectivity index (χ4v) is 2.96. The third-order valence-electron chi connectivity index (χ3n) is 2.53. The summed E-state index contributed by atoms with van der Waals surface area (Å²) in [6.07, 6.45) is 0. The minimum Gasteiger partial charge on any atom is -0.493 e. The molecule has 82 valence electrons. The Kier molecular flexibility index (Phi) is 3.38. The molecule has 0 radical (unpaired) electrons. The highest BCUT2D eigenvalue weighted by Crippen LogP contribution is 2.33. The highest BCUT2D eigenvalue weighted by molar-refractivity contribution is 7.85. The SMILES string of the molecule is NCCS(=O)CC1COc2ccccc21. The Morgan fingerprint density at radius 2 is 2.27 bits per heavy atom. The van der Waals surface area contributed by atoms with Gasteiger partial charge in [-0.15, -0.1) is 0 Å². The lowest BCUT2D eigenvalue weighted by molar-refractivity contribution is 0.338. The van der Waals surface area contributed by atoms with Crippen LogP contribution in [0, 0.1) is 0 Å². The van der Waals surface area contributed by atoms with Crippen molar-refractivity contribution in [2.24, 2.45) is 5.73 Å². The molecule has 0 bridgehead atoms. The number of ether oxygens (including phenoxy) is 1. The third-order valence-corrected chi connectivity index (χ3v) is 4.00. The van der Waals surface area contributed by atoms with Crippen molar-refractivity contribution >= 4 is 10.8 Å². The van der Waals surface area contributed by atoms with Crippen LogP contribution in [0.1, 0.15) is 11.5 Å². The Labute approximate surface area is 92.1 Å². The molecule has 1 aliphatic rings. The molecule has 0 amide bonds. The Hall–Kier alpha value is -0.870. The van der Waals surface area contributed by atoms with Crippen LogP contribution in [0.4, 0.5) is 0 Å². The molecule has 2 atom stereocenters. The van der Waals surface area contributed by atoms with Gasteiger partial charge in [0.15, 0.2) is 0 Å². The van der Waals surface area contributed by atoms with E-state index in [9.17, 15) is 4.21 Å². The first-order valence-corrected chi connectivity index (χ1v) is 6.57. The van der Waals surface area contributed by atoms with Gasteiger partial charge >= 0.3 is 0 Å². The van der Waals surface area contributed by atoms with Gasteiger partial charge in [0.1, 0.15) is 5.75 Å². The maximum absolute atomic E-state index is 11.6. The van der Waals surface area contributed by atoms with Crippen molar-refractivity contribution in [1.82, 2.24) is 0 Å². The molecule has 2 rings (SSSR count). The van der Waals surface area contributed by atoms with Gasteiger partial charge in [-0.3, -0.25) is 4.21 Å². The van der Waals surface area contributed by atoms with Gasteiger partial charge in [-0.05, 0) is 6.07 Å². The summed E-state index contributed by atoms with van der Waals surface area (Å²) in [6, 6.07) is 7.96. The number of hydrogen-bond acceptors (Lipinski definition) is 3.